The van der Waals surface area contributed by atoms with Gasteiger partial charge in [-0.1, -0.05) is 23.2 Å². The molecule has 5 nitrogen and oxygen atoms in total. The largest absolute Gasteiger partial charge is 0.378 e. The van der Waals surface area contributed by atoms with Crippen molar-refractivity contribution in [3.8, 4) is 0 Å². The first-order valence-electron chi connectivity index (χ1n) is 7.18. The molecule has 0 aromatic heterocycles. The van der Waals surface area contributed by atoms with Crippen molar-refractivity contribution in [2.75, 3.05) is 19.7 Å². The second-order valence-electron chi connectivity index (χ2n) is 5.07. The summed E-state index contributed by atoms with van der Waals surface area (Å²) in [6, 6.07) is 4.68. The standard InChI is InChI=1S/C15H18Cl2N2O3/c16-12-4-3-10(8-13(12)17)15(21)19-6-5-18-14(20)9-11-2-1-7-22-11/h3-4,8,11H,1-2,5-7,9H2,(H,18,20)(H,19,21). The fourth-order valence-electron chi connectivity index (χ4n) is 2.20. The number of rotatable bonds is 6. The highest BCUT2D eigenvalue weighted by Crippen LogP contribution is 2.22. The zero-order chi connectivity index (χ0) is 15.9. The quantitative estimate of drug-likeness (QED) is 0.778. The third kappa shape index (κ3) is 5.16. The fourth-order valence-corrected chi connectivity index (χ4v) is 2.50. The van der Waals surface area contributed by atoms with Crippen molar-refractivity contribution in [3.63, 3.8) is 0 Å². The Balaban J connectivity index is 1.66. The first-order valence-corrected chi connectivity index (χ1v) is 7.93. The average Bonchev–Trinajstić information content (AvgIpc) is 2.99. The van der Waals surface area contributed by atoms with E-state index in [9.17, 15) is 9.59 Å². The molecule has 2 N–H and O–H groups in total. The number of hydrogen-bond acceptors (Lipinski definition) is 3. The van der Waals surface area contributed by atoms with E-state index in [4.69, 9.17) is 27.9 Å². The number of nitrogens with one attached hydrogen (secondary N) is 2. The molecule has 120 valence electrons. The van der Waals surface area contributed by atoms with Crippen LogP contribution in [0.3, 0.4) is 0 Å². The van der Waals surface area contributed by atoms with Gasteiger partial charge in [-0.05, 0) is 31.0 Å². The van der Waals surface area contributed by atoms with Crippen molar-refractivity contribution in [3.05, 3.63) is 33.8 Å². The van der Waals surface area contributed by atoms with Crippen molar-refractivity contribution in [1.82, 2.24) is 10.6 Å². The molecule has 1 atom stereocenters. The molecule has 0 radical (unpaired) electrons. The Hall–Kier alpha value is -1.30. The highest BCUT2D eigenvalue weighted by atomic mass is 35.5. The Kier molecular flexibility index (Phi) is 6.49. The van der Waals surface area contributed by atoms with Gasteiger partial charge in [-0.25, -0.2) is 0 Å². The summed E-state index contributed by atoms with van der Waals surface area (Å²) in [7, 11) is 0. The minimum Gasteiger partial charge on any atom is -0.378 e. The number of halogens is 2. The molecule has 0 aliphatic carbocycles. The van der Waals surface area contributed by atoms with Crippen LogP contribution in [-0.4, -0.2) is 37.6 Å². The molecule has 2 rings (SSSR count). The topological polar surface area (TPSA) is 67.4 Å². The summed E-state index contributed by atoms with van der Waals surface area (Å²) >= 11 is 11.7. The molecule has 2 amide bonds. The molecule has 7 heteroatoms. The van der Waals surface area contributed by atoms with Crippen molar-refractivity contribution in [2.45, 2.75) is 25.4 Å². The summed E-state index contributed by atoms with van der Waals surface area (Å²) in [5, 5.41) is 6.20. The summed E-state index contributed by atoms with van der Waals surface area (Å²) < 4.78 is 5.39. The van der Waals surface area contributed by atoms with Gasteiger partial charge in [-0.15, -0.1) is 0 Å². The second-order valence-corrected chi connectivity index (χ2v) is 5.89. The number of amides is 2. The van der Waals surface area contributed by atoms with Crippen molar-refractivity contribution < 1.29 is 14.3 Å². The summed E-state index contributed by atoms with van der Waals surface area (Å²) in [5.41, 5.74) is 0.431. The molecule has 1 fully saturated rings. The molecule has 1 unspecified atom stereocenters. The van der Waals surface area contributed by atoms with Crippen LogP contribution in [0.2, 0.25) is 10.0 Å². The number of benzene rings is 1. The van der Waals surface area contributed by atoms with Crippen LogP contribution in [0.25, 0.3) is 0 Å². The Morgan fingerprint density at radius 1 is 1.18 bits per heavy atom. The van der Waals surface area contributed by atoms with Gasteiger partial charge in [0.05, 0.1) is 22.6 Å². The van der Waals surface area contributed by atoms with Crippen LogP contribution < -0.4 is 10.6 Å². The van der Waals surface area contributed by atoms with Gasteiger partial charge in [0.25, 0.3) is 5.91 Å². The Bertz CT molecular complexity index is 546. The summed E-state index contributed by atoms with van der Waals surface area (Å²) in [6.45, 7) is 1.45. The highest BCUT2D eigenvalue weighted by molar-refractivity contribution is 6.42. The fraction of sp³-hybridized carbons (Fsp3) is 0.467. The van der Waals surface area contributed by atoms with E-state index in [0.29, 0.717) is 35.1 Å². The minimum absolute atomic E-state index is 0.0331. The van der Waals surface area contributed by atoms with Crippen LogP contribution in [0.15, 0.2) is 18.2 Å². The van der Waals surface area contributed by atoms with E-state index in [1.54, 1.807) is 12.1 Å². The zero-order valence-electron chi connectivity index (χ0n) is 12.0. The third-order valence-electron chi connectivity index (χ3n) is 3.35. The molecule has 0 spiro atoms. The number of carbonyl (C=O) groups is 2. The van der Waals surface area contributed by atoms with Crippen LogP contribution in [0.5, 0.6) is 0 Å². The lowest BCUT2D eigenvalue weighted by Crippen LogP contribution is -2.35. The van der Waals surface area contributed by atoms with Gasteiger partial charge in [0, 0.05) is 25.3 Å². The highest BCUT2D eigenvalue weighted by Gasteiger charge is 2.18. The normalized spacial score (nSPS) is 17.3. The molecule has 22 heavy (non-hydrogen) atoms. The first-order chi connectivity index (χ1) is 10.6. The minimum atomic E-state index is -0.257. The van der Waals surface area contributed by atoms with Gasteiger partial charge in [0.15, 0.2) is 0 Å². The van der Waals surface area contributed by atoms with E-state index < -0.39 is 0 Å². The van der Waals surface area contributed by atoms with Gasteiger partial charge in [-0.2, -0.15) is 0 Å². The molecule has 1 aliphatic heterocycles. The SMILES string of the molecule is O=C(CC1CCCO1)NCCNC(=O)c1ccc(Cl)c(Cl)c1. The van der Waals surface area contributed by atoms with Crippen molar-refractivity contribution >= 4 is 35.0 Å². The summed E-state index contributed by atoms with van der Waals surface area (Å²) in [4.78, 5) is 23.5. The third-order valence-corrected chi connectivity index (χ3v) is 4.09. The Morgan fingerprint density at radius 3 is 2.64 bits per heavy atom. The molecule has 1 aromatic carbocycles. The molecule has 1 saturated heterocycles. The Labute approximate surface area is 139 Å². The average molecular weight is 345 g/mol. The van der Waals surface area contributed by atoms with E-state index in [-0.39, 0.29) is 17.9 Å². The molecular formula is C15H18Cl2N2O3. The van der Waals surface area contributed by atoms with Crippen LogP contribution in [0.1, 0.15) is 29.6 Å². The second kappa shape index (κ2) is 8.36. The summed E-state index contributed by atoms with van der Waals surface area (Å²) in [5.74, 6) is -0.317. The Morgan fingerprint density at radius 2 is 1.95 bits per heavy atom. The maximum Gasteiger partial charge on any atom is 0.251 e. The molecular weight excluding hydrogens is 327 g/mol. The van der Waals surface area contributed by atoms with Crippen molar-refractivity contribution in [2.24, 2.45) is 0 Å². The predicted octanol–water partition coefficient (Wildman–Crippen LogP) is 2.41. The van der Waals surface area contributed by atoms with Crippen LogP contribution in [0, 0.1) is 0 Å². The van der Waals surface area contributed by atoms with Gasteiger partial charge in [-0.3, -0.25) is 9.59 Å². The van der Waals surface area contributed by atoms with E-state index in [2.05, 4.69) is 10.6 Å². The van der Waals surface area contributed by atoms with E-state index in [1.807, 2.05) is 0 Å². The monoisotopic (exact) mass is 344 g/mol. The van der Waals surface area contributed by atoms with Gasteiger partial charge in [0.2, 0.25) is 5.91 Å². The molecule has 0 saturated carbocycles. The van der Waals surface area contributed by atoms with Crippen molar-refractivity contribution in [1.29, 1.82) is 0 Å². The summed E-state index contributed by atoms with van der Waals surface area (Å²) in [6.07, 6.45) is 2.35. The van der Waals surface area contributed by atoms with Gasteiger partial charge in [0.1, 0.15) is 0 Å². The molecule has 1 aromatic rings. The zero-order valence-corrected chi connectivity index (χ0v) is 13.5. The van der Waals surface area contributed by atoms with Crippen LogP contribution in [-0.2, 0) is 9.53 Å². The number of hydrogen-bond donors (Lipinski definition) is 2. The van der Waals surface area contributed by atoms with E-state index >= 15 is 0 Å². The lowest BCUT2D eigenvalue weighted by molar-refractivity contribution is -0.123. The first kappa shape index (κ1) is 17.1. The smallest absolute Gasteiger partial charge is 0.251 e. The van der Waals surface area contributed by atoms with Gasteiger partial charge >= 0.3 is 0 Å². The lowest BCUT2D eigenvalue weighted by atomic mass is 10.2. The predicted molar refractivity (Wildman–Crippen MR) is 85.4 cm³/mol. The molecule has 0 bridgehead atoms. The van der Waals surface area contributed by atoms with E-state index in [0.717, 1.165) is 19.4 Å². The maximum absolute atomic E-state index is 11.9. The van der Waals surface area contributed by atoms with Crippen LogP contribution in [0.4, 0.5) is 0 Å². The van der Waals surface area contributed by atoms with Crippen LogP contribution >= 0.6 is 23.2 Å². The molecule has 1 heterocycles. The number of carbonyl (C=O) groups excluding carboxylic acids is 2. The maximum atomic E-state index is 11.9. The number of ether oxygens (including phenoxy) is 1. The lowest BCUT2D eigenvalue weighted by Gasteiger charge is -2.10. The van der Waals surface area contributed by atoms with Gasteiger partial charge < -0.3 is 15.4 Å². The molecule has 1 aliphatic rings. The van der Waals surface area contributed by atoms with E-state index in [1.165, 1.54) is 6.07 Å².